The monoisotopic (exact) mass is 389 g/mol. The zero-order chi connectivity index (χ0) is 20.3. The van der Waals surface area contributed by atoms with Crippen LogP contribution in [0.1, 0.15) is 11.1 Å². The number of aromatic nitrogens is 2. The molecular weight excluding hydrogens is 375 g/mol. The van der Waals surface area contributed by atoms with E-state index in [9.17, 15) is 23.4 Å². The summed E-state index contributed by atoms with van der Waals surface area (Å²) in [5.41, 5.74) is 1.35. The lowest BCUT2D eigenvalue weighted by atomic mass is 10.1. The van der Waals surface area contributed by atoms with Gasteiger partial charge in [0.25, 0.3) is 0 Å². The number of aliphatic hydroxyl groups is 2. The molecule has 0 bridgehead atoms. The number of rotatable bonds is 5. The molecule has 3 aromatic rings. The Hall–Kier alpha value is -3.35. The number of halogens is 3. The number of nitriles is 1. The number of benzene rings is 1. The first-order valence-corrected chi connectivity index (χ1v) is 8.03. The highest BCUT2D eigenvalue weighted by atomic mass is 19.4. The summed E-state index contributed by atoms with van der Waals surface area (Å²) in [6.45, 7) is 0.194. The van der Waals surface area contributed by atoms with Gasteiger partial charge in [-0.15, -0.1) is 13.2 Å². The van der Waals surface area contributed by atoms with Gasteiger partial charge in [0.2, 0.25) is 0 Å². The number of nitrogens with zero attached hydrogens (tertiary/aromatic N) is 3. The Balaban J connectivity index is 1.99. The summed E-state index contributed by atoms with van der Waals surface area (Å²) in [7, 11) is 0. The van der Waals surface area contributed by atoms with E-state index in [2.05, 4.69) is 9.72 Å². The van der Waals surface area contributed by atoms with Crippen molar-refractivity contribution in [3.8, 4) is 11.8 Å². The molecule has 0 amide bonds. The maximum Gasteiger partial charge on any atom is 0.573 e. The number of hydrogen-bond donors (Lipinski definition) is 2. The van der Waals surface area contributed by atoms with Crippen molar-refractivity contribution in [1.29, 1.82) is 5.26 Å². The van der Waals surface area contributed by atoms with Gasteiger partial charge in [-0.05, 0) is 35.9 Å². The molecular formula is C19H14F3N3O3. The lowest BCUT2D eigenvalue weighted by Crippen LogP contribution is -2.17. The van der Waals surface area contributed by atoms with Crippen LogP contribution in [0.3, 0.4) is 0 Å². The van der Waals surface area contributed by atoms with Crippen LogP contribution in [0.2, 0.25) is 0 Å². The van der Waals surface area contributed by atoms with Gasteiger partial charge in [0, 0.05) is 29.9 Å². The fraction of sp³-hybridized carbons (Fsp3) is 0.158. The highest BCUT2D eigenvalue weighted by molar-refractivity contribution is 5.87. The minimum absolute atomic E-state index is 0.194. The van der Waals surface area contributed by atoms with Crippen LogP contribution in [0.5, 0.6) is 5.75 Å². The van der Waals surface area contributed by atoms with Gasteiger partial charge in [-0.1, -0.05) is 12.1 Å². The number of pyridine rings is 1. The van der Waals surface area contributed by atoms with Gasteiger partial charge in [-0.3, -0.25) is 0 Å². The molecule has 0 radical (unpaired) electrons. The van der Waals surface area contributed by atoms with Crippen LogP contribution >= 0.6 is 0 Å². The topological polar surface area (TPSA) is 91.3 Å². The van der Waals surface area contributed by atoms with E-state index in [0.29, 0.717) is 22.2 Å². The summed E-state index contributed by atoms with van der Waals surface area (Å²) >= 11 is 0. The van der Waals surface area contributed by atoms with Crippen molar-refractivity contribution < 1.29 is 28.1 Å². The van der Waals surface area contributed by atoms with E-state index in [-0.39, 0.29) is 17.9 Å². The van der Waals surface area contributed by atoms with Gasteiger partial charge in [-0.2, -0.15) is 5.26 Å². The Morgan fingerprint density at radius 3 is 2.75 bits per heavy atom. The molecule has 9 heteroatoms. The third-order valence-corrected chi connectivity index (χ3v) is 3.87. The van der Waals surface area contributed by atoms with E-state index in [1.165, 1.54) is 24.3 Å². The second-order valence-electron chi connectivity index (χ2n) is 5.87. The molecule has 0 aliphatic heterocycles. The van der Waals surface area contributed by atoms with Gasteiger partial charge in [0.1, 0.15) is 17.5 Å². The molecule has 144 valence electrons. The normalized spacial score (nSPS) is 12.4. The molecule has 0 saturated carbocycles. The van der Waals surface area contributed by atoms with Gasteiger partial charge in [0.05, 0.1) is 5.57 Å². The Bertz CT molecular complexity index is 1070. The lowest BCUT2D eigenvalue weighted by Gasteiger charge is -2.10. The highest BCUT2D eigenvalue weighted by Crippen LogP contribution is 2.26. The molecule has 2 heterocycles. The maximum atomic E-state index is 12.4. The minimum atomic E-state index is -4.78. The Morgan fingerprint density at radius 2 is 2.07 bits per heavy atom. The van der Waals surface area contributed by atoms with E-state index >= 15 is 0 Å². The van der Waals surface area contributed by atoms with E-state index in [1.807, 2.05) is 0 Å². The molecule has 2 N–H and O–H groups in total. The van der Waals surface area contributed by atoms with Crippen molar-refractivity contribution in [2.24, 2.45) is 0 Å². The van der Waals surface area contributed by atoms with Crippen LogP contribution in [0.4, 0.5) is 13.2 Å². The summed E-state index contributed by atoms with van der Waals surface area (Å²) in [6.07, 6.45) is -2.18. The Labute approximate surface area is 157 Å². The van der Waals surface area contributed by atoms with Crippen molar-refractivity contribution in [2.75, 3.05) is 0 Å². The van der Waals surface area contributed by atoms with Crippen molar-refractivity contribution in [3.05, 3.63) is 65.5 Å². The van der Waals surface area contributed by atoms with E-state index < -0.39 is 12.7 Å². The standard InChI is InChI=1S/C19H14F3N3O3/c20-19(21,22)28-15-4-1-3-12(7-15)10-25-11-14(8-13(9-23)18(26)27)16-5-2-6-24-17(16)25/h1-8,11,18,26-27H,10H2/b13-8+. The van der Waals surface area contributed by atoms with Crippen LogP contribution in [0.15, 0.2) is 54.4 Å². The molecule has 6 nitrogen and oxygen atoms in total. The molecule has 3 rings (SSSR count). The molecule has 0 unspecified atom stereocenters. The fourth-order valence-electron chi connectivity index (χ4n) is 2.76. The van der Waals surface area contributed by atoms with Gasteiger partial charge in [-0.25, -0.2) is 4.98 Å². The molecule has 0 aliphatic rings. The first kappa shape index (κ1) is 19.4. The zero-order valence-electron chi connectivity index (χ0n) is 14.3. The van der Waals surface area contributed by atoms with Crippen molar-refractivity contribution in [3.63, 3.8) is 0 Å². The summed E-state index contributed by atoms with van der Waals surface area (Å²) in [4.78, 5) is 4.27. The molecule has 0 spiro atoms. The minimum Gasteiger partial charge on any atom is -0.406 e. The lowest BCUT2D eigenvalue weighted by molar-refractivity contribution is -0.274. The molecule has 0 saturated heterocycles. The second-order valence-corrected chi connectivity index (χ2v) is 5.87. The molecule has 0 atom stereocenters. The Morgan fingerprint density at radius 1 is 1.29 bits per heavy atom. The number of ether oxygens (including phenoxy) is 1. The van der Waals surface area contributed by atoms with Crippen LogP contribution in [-0.2, 0) is 6.54 Å². The van der Waals surface area contributed by atoms with Crippen LogP contribution in [0.25, 0.3) is 17.1 Å². The predicted octanol–water partition coefficient (Wildman–Crippen LogP) is 3.20. The molecule has 1 aromatic carbocycles. The van der Waals surface area contributed by atoms with Crippen molar-refractivity contribution in [2.45, 2.75) is 19.2 Å². The number of hydrogen-bond acceptors (Lipinski definition) is 5. The van der Waals surface area contributed by atoms with E-state index in [1.54, 1.807) is 41.2 Å². The first-order valence-electron chi connectivity index (χ1n) is 8.03. The average Bonchev–Trinajstić information content (AvgIpc) is 2.96. The van der Waals surface area contributed by atoms with Crippen LogP contribution in [0, 0.1) is 11.3 Å². The number of aliphatic hydroxyl groups excluding tert-OH is 1. The van der Waals surface area contributed by atoms with Gasteiger partial charge >= 0.3 is 6.36 Å². The van der Waals surface area contributed by atoms with Crippen molar-refractivity contribution >= 4 is 17.1 Å². The molecule has 28 heavy (non-hydrogen) atoms. The first-order chi connectivity index (χ1) is 13.3. The molecule has 2 aromatic heterocycles. The molecule has 0 aliphatic carbocycles. The third-order valence-electron chi connectivity index (χ3n) is 3.87. The van der Waals surface area contributed by atoms with Gasteiger partial charge < -0.3 is 19.5 Å². The number of fused-ring (bicyclic) bond motifs is 1. The van der Waals surface area contributed by atoms with Gasteiger partial charge in [0.15, 0.2) is 6.29 Å². The van der Waals surface area contributed by atoms with Crippen molar-refractivity contribution in [1.82, 2.24) is 9.55 Å². The maximum absolute atomic E-state index is 12.4. The third kappa shape index (κ3) is 4.49. The Kier molecular flexibility index (Phi) is 5.35. The van der Waals surface area contributed by atoms with E-state index in [0.717, 1.165) is 0 Å². The summed E-state index contributed by atoms with van der Waals surface area (Å²) < 4.78 is 42.9. The smallest absolute Gasteiger partial charge is 0.406 e. The van der Waals surface area contributed by atoms with E-state index in [4.69, 9.17) is 5.26 Å². The van der Waals surface area contributed by atoms with Crippen LogP contribution in [-0.4, -0.2) is 32.4 Å². The average molecular weight is 389 g/mol. The molecule has 0 fully saturated rings. The number of alkyl halides is 3. The quantitative estimate of drug-likeness (QED) is 0.517. The van der Waals surface area contributed by atoms with Crippen LogP contribution < -0.4 is 4.74 Å². The second kappa shape index (κ2) is 7.72. The summed E-state index contributed by atoms with van der Waals surface area (Å²) in [5, 5.41) is 28.2. The predicted molar refractivity (Wildman–Crippen MR) is 93.8 cm³/mol. The largest absolute Gasteiger partial charge is 0.573 e. The highest BCUT2D eigenvalue weighted by Gasteiger charge is 2.31. The summed E-state index contributed by atoms with van der Waals surface area (Å²) in [5.74, 6) is -0.329. The summed E-state index contributed by atoms with van der Waals surface area (Å²) in [6, 6.07) is 10.7. The SMILES string of the molecule is N#C/C(=C\c1cn(Cc2cccc(OC(F)(F)F)c2)c2ncccc12)C(O)O. The zero-order valence-corrected chi connectivity index (χ0v) is 14.3. The fourth-order valence-corrected chi connectivity index (χ4v) is 2.76.